The normalized spacial score (nSPS) is 12.1. The van der Waals surface area contributed by atoms with E-state index in [9.17, 15) is 4.79 Å². The molecule has 0 saturated heterocycles. The first kappa shape index (κ1) is 11.7. The van der Waals surface area contributed by atoms with Crippen molar-refractivity contribution >= 4 is 5.78 Å². The maximum Gasteiger partial charge on any atom is 0.150 e. The lowest BCUT2D eigenvalue weighted by molar-refractivity contribution is -0.120. The summed E-state index contributed by atoms with van der Waals surface area (Å²) in [4.78, 5) is 11.5. The Kier molecular flexibility index (Phi) is 4.78. The summed E-state index contributed by atoms with van der Waals surface area (Å²) in [6.07, 6.45) is 3.57. The molecule has 2 heteroatoms. The van der Waals surface area contributed by atoms with E-state index < -0.39 is 0 Å². The molecule has 0 aromatic heterocycles. The van der Waals surface area contributed by atoms with E-state index in [1.165, 1.54) is 0 Å². The molecule has 0 unspecified atom stereocenters. The van der Waals surface area contributed by atoms with Gasteiger partial charge in [-0.1, -0.05) is 36.4 Å². The highest BCUT2D eigenvalue weighted by Gasteiger charge is 2.12. The molecule has 15 heavy (non-hydrogen) atoms. The van der Waals surface area contributed by atoms with Crippen molar-refractivity contribution in [2.24, 2.45) is 5.73 Å². The SMILES string of the molecule is C=CCCC(=O)[C@@H](N)Cc1ccccc1. The van der Waals surface area contributed by atoms with Gasteiger partial charge in [0.1, 0.15) is 5.78 Å². The van der Waals surface area contributed by atoms with Gasteiger partial charge in [-0.3, -0.25) is 4.79 Å². The summed E-state index contributed by atoms with van der Waals surface area (Å²) in [5, 5.41) is 0. The average Bonchev–Trinajstić information content (AvgIpc) is 2.27. The van der Waals surface area contributed by atoms with Gasteiger partial charge >= 0.3 is 0 Å². The van der Waals surface area contributed by atoms with Gasteiger partial charge < -0.3 is 5.73 Å². The minimum atomic E-state index is -0.382. The van der Waals surface area contributed by atoms with E-state index in [2.05, 4.69) is 6.58 Å². The second kappa shape index (κ2) is 6.14. The summed E-state index contributed by atoms with van der Waals surface area (Å²) in [5.41, 5.74) is 6.91. The zero-order chi connectivity index (χ0) is 11.1. The largest absolute Gasteiger partial charge is 0.321 e. The molecule has 2 N–H and O–H groups in total. The number of allylic oxidation sites excluding steroid dienone is 1. The van der Waals surface area contributed by atoms with Gasteiger partial charge in [-0.05, 0) is 18.4 Å². The topological polar surface area (TPSA) is 43.1 Å². The van der Waals surface area contributed by atoms with Crippen LogP contribution in [-0.2, 0) is 11.2 Å². The van der Waals surface area contributed by atoms with Crippen LogP contribution in [0.3, 0.4) is 0 Å². The quantitative estimate of drug-likeness (QED) is 0.719. The smallest absolute Gasteiger partial charge is 0.150 e. The first-order valence-electron chi connectivity index (χ1n) is 5.17. The van der Waals surface area contributed by atoms with Crippen molar-refractivity contribution in [2.75, 3.05) is 0 Å². The van der Waals surface area contributed by atoms with Crippen molar-refractivity contribution in [3.05, 3.63) is 48.6 Å². The maximum absolute atomic E-state index is 11.5. The Bertz CT molecular complexity index is 319. The van der Waals surface area contributed by atoms with E-state index in [1.807, 2.05) is 30.3 Å². The zero-order valence-electron chi connectivity index (χ0n) is 8.86. The van der Waals surface area contributed by atoms with Crippen LogP contribution in [0.15, 0.2) is 43.0 Å². The molecule has 0 bridgehead atoms. The van der Waals surface area contributed by atoms with Gasteiger partial charge in [0, 0.05) is 6.42 Å². The van der Waals surface area contributed by atoms with Crippen LogP contribution in [0.4, 0.5) is 0 Å². The standard InChI is InChI=1S/C13H17NO/c1-2-3-9-13(15)12(14)10-11-7-5-4-6-8-11/h2,4-8,12H,1,3,9-10,14H2/t12-/m0/s1. The lowest BCUT2D eigenvalue weighted by Gasteiger charge is -2.09. The Labute approximate surface area is 90.8 Å². The zero-order valence-corrected chi connectivity index (χ0v) is 8.86. The molecule has 1 rings (SSSR count). The molecule has 0 saturated carbocycles. The van der Waals surface area contributed by atoms with E-state index in [-0.39, 0.29) is 11.8 Å². The first-order chi connectivity index (χ1) is 7.24. The fraction of sp³-hybridized carbons (Fsp3) is 0.308. The minimum absolute atomic E-state index is 0.110. The van der Waals surface area contributed by atoms with Crippen LogP contribution < -0.4 is 5.73 Å². The second-order valence-electron chi connectivity index (χ2n) is 3.59. The predicted octanol–water partition coefficient (Wildman–Crippen LogP) is 2.09. The van der Waals surface area contributed by atoms with Crippen molar-refractivity contribution < 1.29 is 4.79 Å². The van der Waals surface area contributed by atoms with Gasteiger partial charge in [0.25, 0.3) is 0 Å². The lowest BCUT2D eigenvalue weighted by Crippen LogP contribution is -2.32. The number of rotatable bonds is 6. The number of carbonyl (C=O) groups is 1. The van der Waals surface area contributed by atoms with E-state index in [0.717, 1.165) is 5.56 Å². The molecule has 80 valence electrons. The molecule has 0 aliphatic heterocycles. The third-order valence-corrected chi connectivity index (χ3v) is 2.31. The molecule has 0 fully saturated rings. The monoisotopic (exact) mass is 203 g/mol. The molecule has 1 aromatic rings. The van der Waals surface area contributed by atoms with Gasteiger partial charge in [0.15, 0.2) is 0 Å². The first-order valence-corrected chi connectivity index (χ1v) is 5.17. The summed E-state index contributed by atoms with van der Waals surface area (Å²) in [5.74, 6) is 0.110. The fourth-order valence-electron chi connectivity index (χ4n) is 1.41. The Balaban J connectivity index is 2.45. The van der Waals surface area contributed by atoms with Crippen LogP contribution in [0.1, 0.15) is 18.4 Å². The lowest BCUT2D eigenvalue weighted by atomic mass is 10.0. The molecule has 0 radical (unpaired) electrons. The van der Waals surface area contributed by atoms with Crippen LogP contribution in [-0.4, -0.2) is 11.8 Å². The number of hydrogen-bond donors (Lipinski definition) is 1. The van der Waals surface area contributed by atoms with Gasteiger partial charge in [-0.15, -0.1) is 6.58 Å². The summed E-state index contributed by atoms with van der Waals surface area (Å²) < 4.78 is 0. The third-order valence-electron chi connectivity index (χ3n) is 2.31. The van der Waals surface area contributed by atoms with Crippen LogP contribution in [0, 0.1) is 0 Å². The number of hydrogen-bond acceptors (Lipinski definition) is 2. The molecule has 0 heterocycles. The molecule has 2 nitrogen and oxygen atoms in total. The number of benzene rings is 1. The Hall–Kier alpha value is -1.41. The molecule has 0 aliphatic carbocycles. The number of nitrogens with two attached hydrogens (primary N) is 1. The van der Waals surface area contributed by atoms with Gasteiger partial charge in [0.05, 0.1) is 6.04 Å². The van der Waals surface area contributed by atoms with E-state index in [1.54, 1.807) is 6.08 Å². The summed E-state index contributed by atoms with van der Waals surface area (Å²) in [7, 11) is 0. The van der Waals surface area contributed by atoms with E-state index in [4.69, 9.17) is 5.73 Å². The summed E-state index contributed by atoms with van der Waals surface area (Å²) >= 11 is 0. The fourth-order valence-corrected chi connectivity index (χ4v) is 1.41. The molecule has 0 spiro atoms. The highest BCUT2D eigenvalue weighted by molar-refractivity contribution is 5.84. The molecule has 0 aliphatic rings. The van der Waals surface area contributed by atoms with Gasteiger partial charge in [0.2, 0.25) is 0 Å². The molecular formula is C13H17NO. The van der Waals surface area contributed by atoms with Crippen molar-refractivity contribution in [3.8, 4) is 0 Å². The molecule has 0 amide bonds. The van der Waals surface area contributed by atoms with Crippen molar-refractivity contribution in [3.63, 3.8) is 0 Å². The van der Waals surface area contributed by atoms with Crippen LogP contribution >= 0.6 is 0 Å². The van der Waals surface area contributed by atoms with Crippen LogP contribution in [0.5, 0.6) is 0 Å². The van der Waals surface area contributed by atoms with Crippen LogP contribution in [0.2, 0.25) is 0 Å². The third kappa shape index (κ3) is 4.09. The summed E-state index contributed by atoms with van der Waals surface area (Å²) in [6.45, 7) is 3.58. The molecule has 1 aromatic carbocycles. The van der Waals surface area contributed by atoms with E-state index in [0.29, 0.717) is 19.3 Å². The molecule has 1 atom stereocenters. The second-order valence-corrected chi connectivity index (χ2v) is 3.59. The number of ketones is 1. The average molecular weight is 203 g/mol. The Morgan fingerprint density at radius 2 is 2.07 bits per heavy atom. The van der Waals surface area contributed by atoms with Crippen molar-refractivity contribution in [2.45, 2.75) is 25.3 Å². The van der Waals surface area contributed by atoms with Gasteiger partial charge in [-0.2, -0.15) is 0 Å². The van der Waals surface area contributed by atoms with Crippen molar-refractivity contribution in [1.82, 2.24) is 0 Å². The van der Waals surface area contributed by atoms with Gasteiger partial charge in [-0.25, -0.2) is 0 Å². The Morgan fingerprint density at radius 1 is 1.40 bits per heavy atom. The highest BCUT2D eigenvalue weighted by atomic mass is 16.1. The predicted molar refractivity (Wildman–Crippen MR) is 62.6 cm³/mol. The minimum Gasteiger partial charge on any atom is -0.321 e. The number of carbonyl (C=O) groups excluding carboxylic acids is 1. The molecular weight excluding hydrogens is 186 g/mol. The summed E-state index contributed by atoms with van der Waals surface area (Å²) in [6, 6.07) is 9.45. The highest BCUT2D eigenvalue weighted by Crippen LogP contribution is 2.04. The van der Waals surface area contributed by atoms with Crippen molar-refractivity contribution in [1.29, 1.82) is 0 Å². The van der Waals surface area contributed by atoms with Crippen LogP contribution in [0.25, 0.3) is 0 Å². The Morgan fingerprint density at radius 3 is 2.67 bits per heavy atom. The van der Waals surface area contributed by atoms with E-state index >= 15 is 0 Å². The number of Topliss-reactive ketones (excluding diaryl/α,β-unsaturated/α-hetero) is 1. The maximum atomic E-state index is 11.5.